The first-order chi connectivity index (χ1) is 18.3. The van der Waals surface area contributed by atoms with Gasteiger partial charge in [0, 0.05) is 11.3 Å². The van der Waals surface area contributed by atoms with Gasteiger partial charge < -0.3 is 20.1 Å². The Bertz CT molecular complexity index is 1450. The van der Waals surface area contributed by atoms with E-state index in [4.69, 9.17) is 17.0 Å². The number of aromatic hydroxyl groups is 2. The van der Waals surface area contributed by atoms with Crippen molar-refractivity contribution in [2.75, 3.05) is 4.90 Å². The Balaban J connectivity index is 1.47. The van der Waals surface area contributed by atoms with E-state index in [1.54, 1.807) is 47.4 Å². The van der Waals surface area contributed by atoms with Crippen LogP contribution in [0.15, 0.2) is 91.0 Å². The van der Waals surface area contributed by atoms with Crippen molar-refractivity contribution in [1.82, 2.24) is 0 Å². The summed E-state index contributed by atoms with van der Waals surface area (Å²) in [5.74, 6) is -0.665. The second kappa shape index (κ2) is 10.8. The molecule has 1 heterocycles. The van der Waals surface area contributed by atoms with Crippen molar-refractivity contribution in [3.05, 3.63) is 114 Å². The molecule has 0 saturated carbocycles. The third-order valence-corrected chi connectivity index (χ3v) is 6.98. The Hall–Kier alpha value is -4.01. The lowest BCUT2D eigenvalue weighted by molar-refractivity contribution is 0.126. The minimum atomic E-state index is -0.852. The number of aliphatic hydroxyl groups excluding tert-OH is 1. The first kappa shape index (κ1) is 25.6. The lowest BCUT2D eigenvalue weighted by atomic mass is 9.92. The molecule has 5 nitrogen and oxygen atoms in total. The number of benzene rings is 4. The van der Waals surface area contributed by atoms with Crippen LogP contribution in [-0.4, -0.2) is 26.6 Å². The van der Waals surface area contributed by atoms with Crippen molar-refractivity contribution in [3.63, 3.8) is 0 Å². The summed E-state index contributed by atoms with van der Waals surface area (Å²) in [5.41, 5.74) is 3.16. The van der Waals surface area contributed by atoms with Gasteiger partial charge in [0.25, 0.3) is 5.17 Å². The summed E-state index contributed by atoms with van der Waals surface area (Å²) in [6.07, 6.45) is -0.723. The molecule has 0 spiro atoms. The summed E-state index contributed by atoms with van der Waals surface area (Å²) >= 11 is 5.55. The standard InChI is InChI=1S/C30H25F2NO4S/c31-21-7-4-18(5-8-21)26(35)14-15-28-29(33(30(38)37-28)23-11-9-22(32)10-12-23)25-13-6-20(17-27(25)36)19-2-1-3-24(34)16-19/h1-13,16-17,26,28-29,34-36H,14-15H2. The van der Waals surface area contributed by atoms with Gasteiger partial charge in [0.1, 0.15) is 35.3 Å². The number of ether oxygens (including phenoxy) is 1. The van der Waals surface area contributed by atoms with Crippen LogP contribution in [0.25, 0.3) is 11.1 Å². The minimum absolute atomic E-state index is 0.000313. The van der Waals surface area contributed by atoms with Crippen LogP contribution in [0.5, 0.6) is 11.5 Å². The van der Waals surface area contributed by atoms with Crippen molar-refractivity contribution in [2.24, 2.45) is 0 Å². The number of phenolic OH excluding ortho intramolecular Hbond substituents is 2. The Labute approximate surface area is 224 Å². The molecular weight excluding hydrogens is 508 g/mol. The van der Waals surface area contributed by atoms with Gasteiger partial charge in [-0.1, -0.05) is 36.4 Å². The molecule has 4 aromatic carbocycles. The second-order valence-corrected chi connectivity index (χ2v) is 9.53. The molecule has 0 amide bonds. The van der Waals surface area contributed by atoms with Gasteiger partial charge in [-0.05, 0) is 96.3 Å². The van der Waals surface area contributed by atoms with Crippen LogP contribution < -0.4 is 4.90 Å². The molecule has 0 bridgehead atoms. The molecule has 1 saturated heterocycles. The topological polar surface area (TPSA) is 73.2 Å². The molecule has 1 fully saturated rings. The van der Waals surface area contributed by atoms with E-state index in [2.05, 4.69) is 0 Å². The number of hydrogen-bond donors (Lipinski definition) is 3. The molecular formula is C30H25F2NO4S. The summed E-state index contributed by atoms with van der Waals surface area (Å²) in [7, 11) is 0. The maximum atomic E-state index is 13.7. The molecule has 0 radical (unpaired) electrons. The number of halogens is 2. The molecule has 8 heteroatoms. The summed E-state index contributed by atoms with van der Waals surface area (Å²) in [6, 6.07) is 22.9. The van der Waals surface area contributed by atoms with Crippen molar-refractivity contribution < 1.29 is 28.8 Å². The predicted octanol–water partition coefficient (Wildman–Crippen LogP) is 6.79. The summed E-state index contributed by atoms with van der Waals surface area (Å²) in [5, 5.41) is 31.9. The van der Waals surface area contributed by atoms with E-state index in [-0.39, 0.29) is 22.5 Å². The zero-order valence-electron chi connectivity index (χ0n) is 20.2. The number of anilines is 1. The number of nitrogens with zero attached hydrogens (tertiary/aromatic N) is 1. The molecule has 0 aliphatic carbocycles. The molecule has 0 aromatic heterocycles. The van der Waals surface area contributed by atoms with E-state index >= 15 is 0 Å². The zero-order chi connectivity index (χ0) is 26.8. The van der Waals surface area contributed by atoms with Crippen LogP contribution in [0.3, 0.4) is 0 Å². The largest absolute Gasteiger partial charge is 0.508 e. The molecule has 1 aliphatic rings. The van der Waals surface area contributed by atoms with Crippen LogP contribution in [0.4, 0.5) is 14.5 Å². The minimum Gasteiger partial charge on any atom is -0.508 e. The maximum absolute atomic E-state index is 13.7. The molecule has 3 atom stereocenters. The van der Waals surface area contributed by atoms with Gasteiger partial charge in [-0.15, -0.1) is 0 Å². The van der Waals surface area contributed by atoms with Crippen LogP contribution >= 0.6 is 12.2 Å². The number of hydrogen-bond acceptors (Lipinski definition) is 5. The van der Waals surface area contributed by atoms with E-state index in [1.165, 1.54) is 36.4 Å². The van der Waals surface area contributed by atoms with Gasteiger partial charge in [0.15, 0.2) is 0 Å². The highest BCUT2D eigenvalue weighted by molar-refractivity contribution is 7.80. The average molecular weight is 534 g/mol. The van der Waals surface area contributed by atoms with Gasteiger partial charge in [-0.3, -0.25) is 4.90 Å². The first-order valence-electron chi connectivity index (χ1n) is 12.1. The van der Waals surface area contributed by atoms with E-state index in [0.29, 0.717) is 35.2 Å². The SMILES string of the molecule is Oc1cccc(-c2ccc(C3C(CCC(O)c4ccc(F)cc4)OC(=S)N3c3ccc(F)cc3)c(O)c2)c1. The lowest BCUT2D eigenvalue weighted by Gasteiger charge is -2.27. The quantitative estimate of drug-likeness (QED) is 0.227. The molecule has 38 heavy (non-hydrogen) atoms. The normalized spacial score (nSPS) is 17.9. The summed E-state index contributed by atoms with van der Waals surface area (Å²) in [4.78, 5) is 1.73. The molecule has 3 unspecified atom stereocenters. The van der Waals surface area contributed by atoms with Crippen LogP contribution in [0.1, 0.15) is 36.1 Å². The van der Waals surface area contributed by atoms with E-state index in [9.17, 15) is 24.1 Å². The molecule has 5 rings (SSSR count). The van der Waals surface area contributed by atoms with E-state index < -0.39 is 24.1 Å². The third-order valence-electron chi connectivity index (χ3n) is 6.69. The van der Waals surface area contributed by atoms with Gasteiger partial charge in [-0.25, -0.2) is 8.78 Å². The monoisotopic (exact) mass is 533 g/mol. The average Bonchev–Trinajstić information content (AvgIpc) is 3.23. The Morgan fingerprint density at radius 3 is 2.16 bits per heavy atom. The van der Waals surface area contributed by atoms with Gasteiger partial charge in [0.2, 0.25) is 0 Å². The van der Waals surface area contributed by atoms with Crippen LogP contribution in [-0.2, 0) is 4.74 Å². The van der Waals surface area contributed by atoms with Gasteiger partial charge in [-0.2, -0.15) is 0 Å². The number of aliphatic hydroxyl groups is 1. The Morgan fingerprint density at radius 2 is 1.50 bits per heavy atom. The van der Waals surface area contributed by atoms with E-state index in [0.717, 1.165) is 5.56 Å². The zero-order valence-corrected chi connectivity index (χ0v) is 21.0. The van der Waals surface area contributed by atoms with Crippen LogP contribution in [0, 0.1) is 11.6 Å². The fraction of sp³-hybridized carbons (Fsp3) is 0.167. The third kappa shape index (κ3) is 5.32. The highest BCUT2D eigenvalue weighted by Gasteiger charge is 2.42. The fourth-order valence-electron chi connectivity index (χ4n) is 4.79. The first-order valence-corrected chi connectivity index (χ1v) is 12.5. The van der Waals surface area contributed by atoms with Crippen molar-refractivity contribution in [2.45, 2.75) is 31.1 Å². The number of rotatable bonds is 7. The lowest BCUT2D eigenvalue weighted by Crippen LogP contribution is -2.29. The number of phenols is 2. The highest BCUT2D eigenvalue weighted by atomic mass is 32.1. The van der Waals surface area contributed by atoms with Gasteiger partial charge in [0.05, 0.1) is 6.10 Å². The Morgan fingerprint density at radius 1 is 0.842 bits per heavy atom. The van der Waals surface area contributed by atoms with Gasteiger partial charge >= 0.3 is 0 Å². The summed E-state index contributed by atoms with van der Waals surface area (Å²) < 4.78 is 33.0. The molecule has 1 aliphatic heterocycles. The van der Waals surface area contributed by atoms with E-state index in [1.807, 2.05) is 12.1 Å². The maximum Gasteiger partial charge on any atom is 0.264 e. The predicted molar refractivity (Wildman–Crippen MR) is 145 cm³/mol. The highest BCUT2D eigenvalue weighted by Crippen LogP contribution is 2.44. The Kier molecular flexibility index (Phi) is 7.26. The fourth-order valence-corrected chi connectivity index (χ4v) is 5.13. The van der Waals surface area contributed by atoms with Crippen molar-refractivity contribution in [3.8, 4) is 22.6 Å². The van der Waals surface area contributed by atoms with Crippen molar-refractivity contribution in [1.29, 1.82) is 0 Å². The second-order valence-electron chi connectivity index (χ2n) is 9.18. The molecule has 3 N–H and O–H groups in total. The summed E-state index contributed by atoms with van der Waals surface area (Å²) in [6.45, 7) is 0. The van der Waals surface area contributed by atoms with Crippen molar-refractivity contribution >= 4 is 23.1 Å². The molecule has 4 aromatic rings. The smallest absolute Gasteiger partial charge is 0.264 e. The number of thiocarbonyl (C=S) groups is 1. The van der Waals surface area contributed by atoms with Crippen LogP contribution in [0.2, 0.25) is 0 Å². The molecule has 194 valence electrons.